The van der Waals surface area contributed by atoms with Crippen molar-refractivity contribution in [3.8, 4) is 39.0 Å². The second-order valence-electron chi connectivity index (χ2n) is 11.4. The number of thiophene rings is 5. The van der Waals surface area contributed by atoms with E-state index in [0.717, 1.165) is 12.8 Å². The van der Waals surface area contributed by atoms with Crippen molar-refractivity contribution in [2.24, 2.45) is 0 Å². The standard InChI is InChI=1S/C37H42N2OS5/c1-4-6-8-10-12-26-24-35(45-37(26)34-17-15-27(42-34)13-11-9-7-5-2)33-21-20-32(44-33)31-19-18-30(43-31)29-16-14-28(41-29)22-23-39-36(40)25-38-3/h14-21,24H,4-13,22-23,25H2,1-2H3,(H,39,40). The number of hydrogen-bond donors (Lipinski definition) is 1. The highest BCUT2D eigenvalue weighted by Crippen LogP contribution is 2.46. The zero-order valence-electron chi connectivity index (χ0n) is 26.3. The number of rotatable bonds is 18. The summed E-state index contributed by atoms with van der Waals surface area (Å²) in [6, 6.07) is 20.7. The molecule has 0 unspecified atom stereocenters. The summed E-state index contributed by atoms with van der Waals surface area (Å²) >= 11 is 9.54. The van der Waals surface area contributed by atoms with E-state index in [9.17, 15) is 4.79 Å². The molecule has 1 N–H and O–H groups in total. The van der Waals surface area contributed by atoms with Crippen molar-refractivity contribution in [1.29, 1.82) is 0 Å². The highest BCUT2D eigenvalue weighted by Gasteiger charge is 2.17. The number of aryl methyl sites for hydroxylation is 2. The minimum absolute atomic E-state index is 0.0965. The Morgan fingerprint density at radius 3 is 1.80 bits per heavy atom. The topological polar surface area (TPSA) is 33.5 Å². The fourth-order valence-corrected chi connectivity index (χ4v) is 11.0. The van der Waals surface area contributed by atoms with Gasteiger partial charge in [-0.25, -0.2) is 6.57 Å². The first kappa shape index (κ1) is 33.8. The van der Waals surface area contributed by atoms with Gasteiger partial charge in [-0.2, -0.15) is 0 Å². The number of carbonyl (C=O) groups is 1. The second kappa shape index (κ2) is 17.4. The first-order valence-electron chi connectivity index (χ1n) is 16.2. The predicted octanol–water partition coefficient (Wildman–Crippen LogP) is 12.5. The fourth-order valence-electron chi connectivity index (χ4n) is 5.35. The van der Waals surface area contributed by atoms with E-state index in [0.29, 0.717) is 6.54 Å². The van der Waals surface area contributed by atoms with Crippen LogP contribution in [0.4, 0.5) is 0 Å². The van der Waals surface area contributed by atoms with Crippen LogP contribution in [0.5, 0.6) is 0 Å². The zero-order valence-corrected chi connectivity index (χ0v) is 30.4. The summed E-state index contributed by atoms with van der Waals surface area (Å²) in [4.78, 5) is 28.4. The third kappa shape index (κ3) is 9.49. The largest absolute Gasteiger partial charge is 0.349 e. The Bertz CT molecular complexity index is 1690. The maximum atomic E-state index is 11.6. The van der Waals surface area contributed by atoms with Gasteiger partial charge < -0.3 is 10.2 Å². The van der Waals surface area contributed by atoms with Crippen LogP contribution in [0, 0.1) is 6.57 Å². The molecule has 0 aliphatic heterocycles. The minimum Gasteiger partial charge on any atom is -0.349 e. The molecule has 0 fully saturated rings. The third-order valence-corrected chi connectivity index (χ3v) is 14.2. The highest BCUT2D eigenvalue weighted by atomic mass is 32.1. The van der Waals surface area contributed by atoms with Crippen molar-refractivity contribution < 1.29 is 4.79 Å². The van der Waals surface area contributed by atoms with Crippen LogP contribution >= 0.6 is 56.7 Å². The van der Waals surface area contributed by atoms with E-state index in [-0.39, 0.29) is 12.5 Å². The molecule has 0 aliphatic carbocycles. The molecular weight excluding hydrogens is 649 g/mol. The maximum absolute atomic E-state index is 11.6. The van der Waals surface area contributed by atoms with Crippen molar-refractivity contribution in [2.45, 2.75) is 84.5 Å². The molecule has 5 rings (SSSR count). The van der Waals surface area contributed by atoms with E-state index in [1.807, 2.05) is 45.3 Å². The Hall–Kier alpha value is -2.54. The van der Waals surface area contributed by atoms with E-state index < -0.39 is 0 Å². The van der Waals surface area contributed by atoms with Crippen LogP contribution in [-0.2, 0) is 24.1 Å². The molecule has 8 heteroatoms. The van der Waals surface area contributed by atoms with Crippen LogP contribution in [-0.4, -0.2) is 19.0 Å². The van der Waals surface area contributed by atoms with Crippen LogP contribution in [0.2, 0.25) is 0 Å². The Morgan fingerprint density at radius 2 is 1.16 bits per heavy atom. The van der Waals surface area contributed by atoms with Crippen molar-refractivity contribution in [3.63, 3.8) is 0 Å². The van der Waals surface area contributed by atoms with E-state index in [1.54, 1.807) is 11.3 Å². The van der Waals surface area contributed by atoms with E-state index in [4.69, 9.17) is 6.57 Å². The Balaban J connectivity index is 1.28. The average molecular weight is 691 g/mol. The normalized spacial score (nSPS) is 11.2. The van der Waals surface area contributed by atoms with Gasteiger partial charge in [-0.1, -0.05) is 52.4 Å². The second-order valence-corrected chi connectivity index (χ2v) is 16.9. The lowest BCUT2D eigenvalue weighted by Crippen LogP contribution is -2.26. The number of carbonyl (C=O) groups excluding carboxylic acids is 1. The summed E-state index contributed by atoms with van der Waals surface area (Å²) in [5, 5.41) is 2.82. The smallest absolute Gasteiger partial charge is 0.300 e. The molecule has 5 heterocycles. The van der Waals surface area contributed by atoms with E-state index in [1.165, 1.54) is 112 Å². The highest BCUT2D eigenvalue weighted by molar-refractivity contribution is 7.29. The molecule has 236 valence electrons. The monoisotopic (exact) mass is 690 g/mol. The molecule has 0 saturated carbocycles. The van der Waals surface area contributed by atoms with Crippen LogP contribution in [0.3, 0.4) is 0 Å². The first-order valence-corrected chi connectivity index (χ1v) is 20.3. The Morgan fingerprint density at radius 1 is 0.622 bits per heavy atom. The van der Waals surface area contributed by atoms with Gasteiger partial charge in [0.15, 0.2) is 0 Å². The molecule has 0 radical (unpaired) electrons. The van der Waals surface area contributed by atoms with Crippen molar-refractivity contribution >= 4 is 62.6 Å². The number of hydrogen-bond acceptors (Lipinski definition) is 6. The lowest BCUT2D eigenvalue weighted by atomic mass is 10.1. The molecule has 0 atom stereocenters. The zero-order chi connectivity index (χ0) is 31.4. The van der Waals surface area contributed by atoms with Gasteiger partial charge in [0.05, 0.1) is 0 Å². The number of nitrogens with one attached hydrogen (secondary N) is 1. The molecule has 3 nitrogen and oxygen atoms in total. The minimum atomic E-state index is -0.198. The predicted molar refractivity (Wildman–Crippen MR) is 201 cm³/mol. The molecule has 0 aliphatic rings. The summed E-state index contributed by atoms with van der Waals surface area (Å²) in [7, 11) is 0. The van der Waals surface area contributed by atoms with Crippen molar-refractivity contribution in [2.75, 3.05) is 13.1 Å². The van der Waals surface area contributed by atoms with Crippen LogP contribution in [0.25, 0.3) is 43.9 Å². The quantitative estimate of drug-likeness (QED) is 0.0720. The fraction of sp³-hybridized carbons (Fsp3) is 0.405. The SMILES string of the molecule is [C-]#[N+]CC(=O)NCCc1ccc(-c2ccc(-c3ccc(-c4cc(CCCCCC)c(-c5ccc(CCCCCC)s5)s4)s3)s2)s1. The summed E-state index contributed by atoms with van der Waals surface area (Å²) in [6.07, 6.45) is 13.6. The van der Waals surface area contributed by atoms with Crippen LogP contribution in [0.15, 0.2) is 54.6 Å². The third-order valence-electron chi connectivity index (χ3n) is 7.79. The molecule has 5 aromatic rings. The summed E-state index contributed by atoms with van der Waals surface area (Å²) in [5.74, 6) is -0.198. The molecule has 0 aromatic carbocycles. The van der Waals surface area contributed by atoms with Gasteiger partial charge in [0.2, 0.25) is 0 Å². The molecule has 45 heavy (non-hydrogen) atoms. The Labute approximate surface area is 288 Å². The summed E-state index contributed by atoms with van der Waals surface area (Å²) in [6.45, 7) is 11.9. The van der Waals surface area contributed by atoms with E-state index in [2.05, 4.69) is 78.6 Å². The van der Waals surface area contributed by atoms with Gasteiger partial charge in [-0.3, -0.25) is 4.79 Å². The lowest BCUT2D eigenvalue weighted by Gasteiger charge is -2.02. The average Bonchev–Trinajstić information content (AvgIpc) is 3.87. The molecule has 0 spiro atoms. The van der Waals surface area contributed by atoms with Gasteiger partial charge in [0.1, 0.15) is 0 Å². The van der Waals surface area contributed by atoms with Gasteiger partial charge in [0, 0.05) is 55.3 Å². The first-order chi connectivity index (χ1) is 22.1. The number of amides is 1. The summed E-state index contributed by atoms with van der Waals surface area (Å²) < 4.78 is 0. The molecule has 1 amide bonds. The van der Waals surface area contributed by atoms with Gasteiger partial charge >= 0.3 is 0 Å². The molecule has 0 bridgehead atoms. The van der Waals surface area contributed by atoms with Gasteiger partial charge in [0.25, 0.3) is 12.5 Å². The van der Waals surface area contributed by atoms with Crippen molar-refractivity contribution in [3.05, 3.63) is 81.3 Å². The van der Waals surface area contributed by atoms with E-state index >= 15 is 0 Å². The Kier molecular flexibility index (Phi) is 13.1. The van der Waals surface area contributed by atoms with Crippen LogP contribution in [0.1, 0.15) is 80.5 Å². The van der Waals surface area contributed by atoms with Crippen molar-refractivity contribution in [1.82, 2.24) is 5.32 Å². The number of unbranched alkanes of at least 4 members (excludes halogenated alkanes) is 6. The molecular formula is C37H42N2OS5. The molecule has 0 saturated heterocycles. The maximum Gasteiger partial charge on any atom is 0.300 e. The summed E-state index contributed by atoms with van der Waals surface area (Å²) in [5.41, 5.74) is 1.53. The molecule has 5 aromatic heterocycles. The van der Waals surface area contributed by atoms with Crippen LogP contribution < -0.4 is 5.32 Å². The number of nitrogens with zero attached hydrogens (tertiary/aromatic N) is 1. The van der Waals surface area contributed by atoms with Gasteiger partial charge in [-0.15, -0.1) is 56.7 Å². The lowest BCUT2D eigenvalue weighted by molar-refractivity contribution is -0.119. The van der Waals surface area contributed by atoms with Gasteiger partial charge in [-0.05, 0) is 92.3 Å².